The van der Waals surface area contributed by atoms with Crippen LogP contribution in [0.15, 0.2) is 57.1 Å². The molecule has 3 nitrogen and oxygen atoms in total. The van der Waals surface area contributed by atoms with Crippen molar-refractivity contribution in [2.45, 2.75) is 0 Å². The minimum atomic E-state index is -0.262. The molecule has 19 heavy (non-hydrogen) atoms. The van der Waals surface area contributed by atoms with Crippen molar-refractivity contribution >= 4 is 40.4 Å². The fraction of sp³-hybridized carbons (Fsp3) is 0.0714. The molecule has 1 aromatic rings. The Bertz CT molecular complexity index is 699. The summed E-state index contributed by atoms with van der Waals surface area (Å²) in [4.78, 5) is 20.8. The first-order chi connectivity index (χ1) is 9.18. The lowest BCUT2D eigenvalue weighted by Gasteiger charge is -2.14. The van der Waals surface area contributed by atoms with Gasteiger partial charge in [-0.2, -0.15) is 0 Å². The second-order valence-electron chi connectivity index (χ2n) is 4.09. The SMILES string of the molecule is O=C(C1=NCC2=NC=CC2=C1Cl)c1ccccc1Cl. The number of halogens is 2. The number of nitrogens with zero attached hydrogens (tertiary/aromatic N) is 2. The van der Waals surface area contributed by atoms with Crippen molar-refractivity contribution in [3.8, 4) is 0 Å². The van der Waals surface area contributed by atoms with Gasteiger partial charge in [0.25, 0.3) is 0 Å². The Morgan fingerprint density at radius 1 is 1.21 bits per heavy atom. The number of carbonyl (C=O) groups is 1. The number of rotatable bonds is 2. The van der Waals surface area contributed by atoms with Crippen LogP contribution >= 0.6 is 23.2 Å². The van der Waals surface area contributed by atoms with Gasteiger partial charge in [-0.1, -0.05) is 35.3 Å². The van der Waals surface area contributed by atoms with Gasteiger partial charge in [-0.05, 0) is 18.2 Å². The summed E-state index contributed by atoms with van der Waals surface area (Å²) in [6.45, 7) is 0.365. The fourth-order valence-corrected chi connectivity index (χ4v) is 2.53. The van der Waals surface area contributed by atoms with Crippen molar-refractivity contribution in [2.75, 3.05) is 6.54 Å². The highest BCUT2D eigenvalue weighted by Gasteiger charge is 2.27. The monoisotopic (exact) mass is 290 g/mol. The second kappa shape index (κ2) is 4.76. The summed E-state index contributed by atoms with van der Waals surface area (Å²) >= 11 is 12.3. The first kappa shape index (κ1) is 12.3. The van der Waals surface area contributed by atoms with E-state index < -0.39 is 0 Å². The lowest BCUT2D eigenvalue weighted by Crippen LogP contribution is -2.23. The first-order valence-electron chi connectivity index (χ1n) is 5.66. The van der Waals surface area contributed by atoms with E-state index in [0.717, 1.165) is 11.3 Å². The summed E-state index contributed by atoms with van der Waals surface area (Å²) < 4.78 is 0. The molecule has 1 aromatic carbocycles. The van der Waals surface area contributed by atoms with Crippen LogP contribution in [-0.4, -0.2) is 23.8 Å². The number of benzene rings is 1. The standard InChI is InChI=1S/C14H8Cl2N2O/c15-10-4-2-1-3-8(10)14(19)13-12(16)9-5-6-17-11(9)7-18-13/h1-6H,7H2. The lowest BCUT2D eigenvalue weighted by molar-refractivity contribution is 0.106. The minimum Gasteiger partial charge on any atom is -0.287 e. The number of ketones is 1. The Balaban J connectivity index is 2.03. The molecule has 0 aliphatic carbocycles. The molecule has 0 atom stereocenters. The van der Waals surface area contributed by atoms with E-state index in [2.05, 4.69) is 9.98 Å². The summed E-state index contributed by atoms with van der Waals surface area (Å²) in [6, 6.07) is 6.86. The number of aliphatic imine (C=N–C) groups is 2. The Morgan fingerprint density at radius 2 is 2.00 bits per heavy atom. The van der Waals surface area contributed by atoms with Crippen LogP contribution in [0.3, 0.4) is 0 Å². The van der Waals surface area contributed by atoms with Crippen LogP contribution in [0.2, 0.25) is 5.02 Å². The zero-order valence-electron chi connectivity index (χ0n) is 9.73. The van der Waals surface area contributed by atoms with E-state index in [1.165, 1.54) is 0 Å². The Hall–Kier alpha value is -1.71. The van der Waals surface area contributed by atoms with Gasteiger partial charge in [-0.3, -0.25) is 14.8 Å². The Morgan fingerprint density at radius 3 is 2.79 bits per heavy atom. The van der Waals surface area contributed by atoms with Gasteiger partial charge in [0.05, 0.1) is 22.3 Å². The number of hydrogen-bond acceptors (Lipinski definition) is 3. The molecule has 3 rings (SSSR count). The van der Waals surface area contributed by atoms with Crippen molar-refractivity contribution in [3.63, 3.8) is 0 Å². The van der Waals surface area contributed by atoms with Crippen molar-refractivity contribution in [2.24, 2.45) is 9.98 Å². The zero-order chi connectivity index (χ0) is 13.4. The summed E-state index contributed by atoms with van der Waals surface area (Å²) in [5.41, 5.74) is 2.21. The van der Waals surface area contributed by atoms with Gasteiger partial charge in [0, 0.05) is 17.3 Å². The van der Waals surface area contributed by atoms with Crippen molar-refractivity contribution < 1.29 is 4.79 Å². The van der Waals surface area contributed by atoms with Gasteiger partial charge in [-0.25, -0.2) is 0 Å². The third kappa shape index (κ3) is 2.05. The molecule has 0 spiro atoms. The molecule has 0 unspecified atom stereocenters. The highest BCUT2D eigenvalue weighted by Crippen LogP contribution is 2.26. The van der Waals surface area contributed by atoms with Crippen molar-refractivity contribution in [1.82, 2.24) is 0 Å². The first-order valence-corrected chi connectivity index (χ1v) is 6.41. The van der Waals surface area contributed by atoms with E-state index in [4.69, 9.17) is 23.2 Å². The predicted octanol–water partition coefficient (Wildman–Crippen LogP) is 3.44. The van der Waals surface area contributed by atoms with Crippen LogP contribution in [0.1, 0.15) is 10.4 Å². The number of carbonyl (C=O) groups excluding carboxylic acids is 1. The largest absolute Gasteiger partial charge is 0.287 e. The maximum Gasteiger partial charge on any atom is 0.213 e. The predicted molar refractivity (Wildman–Crippen MR) is 77.5 cm³/mol. The Kier molecular flexibility index (Phi) is 3.09. The molecule has 2 aliphatic rings. The Labute approximate surface area is 120 Å². The van der Waals surface area contributed by atoms with Crippen LogP contribution in [0.4, 0.5) is 0 Å². The molecule has 0 N–H and O–H groups in total. The van der Waals surface area contributed by atoms with Gasteiger partial charge in [0.2, 0.25) is 5.78 Å². The number of hydrogen-bond donors (Lipinski definition) is 0. The smallest absolute Gasteiger partial charge is 0.213 e. The van der Waals surface area contributed by atoms with Gasteiger partial charge in [0.15, 0.2) is 0 Å². The van der Waals surface area contributed by atoms with E-state index in [0.29, 0.717) is 22.2 Å². The minimum absolute atomic E-state index is 0.246. The van der Waals surface area contributed by atoms with Gasteiger partial charge in [0.1, 0.15) is 5.71 Å². The van der Waals surface area contributed by atoms with Crippen LogP contribution in [0.5, 0.6) is 0 Å². The summed E-state index contributed by atoms with van der Waals surface area (Å²) in [6.07, 6.45) is 3.44. The van der Waals surface area contributed by atoms with E-state index in [1.807, 2.05) is 0 Å². The molecule has 0 fully saturated rings. The highest BCUT2D eigenvalue weighted by molar-refractivity contribution is 6.65. The topological polar surface area (TPSA) is 41.8 Å². The van der Waals surface area contributed by atoms with Crippen molar-refractivity contribution in [3.05, 3.63) is 57.7 Å². The average molecular weight is 291 g/mol. The lowest BCUT2D eigenvalue weighted by atomic mass is 10.00. The van der Waals surface area contributed by atoms with Crippen LogP contribution < -0.4 is 0 Å². The average Bonchev–Trinajstić information content (AvgIpc) is 2.88. The molecular formula is C14H8Cl2N2O. The molecule has 0 saturated carbocycles. The van der Waals surface area contributed by atoms with E-state index in [-0.39, 0.29) is 11.5 Å². The normalized spacial score (nSPS) is 17.2. The molecule has 2 aliphatic heterocycles. The van der Waals surface area contributed by atoms with Crippen LogP contribution in [0, 0.1) is 0 Å². The maximum absolute atomic E-state index is 12.4. The molecule has 0 bridgehead atoms. The summed E-state index contributed by atoms with van der Waals surface area (Å²) in [7, 11) is 0. The molecule has 5 heteroatoms. The summed E-state index contributed by atoms with van der Waals surface area (Å²) in [5, 5.41) is 0.731. The molecule has 0 amide bonds. The second-order valence-corrected chi connectivity index (χ2v) is 4.88. The zero-order valence-corrected chi connectivity index (χ0v) is 11.2. The third-order valence-corrected chi connectivity index (χ3v) is 3.66. The molecule has 2 heterocycles. The fourth-order valence-electron chi connectivity index (χ4n) is 1.99. The number of allylic oxidation sites excluding steroid dienone is 2. The van der Waals surface area contributed by atoms with Gasteiger partial charge in [-0.15, -0.1) is 0 Å². The maximum atomic E-state index is 12.4. The van der Waals surface area contributed by atoms with Crippen LogP contribution in [0.25, 0.3) is 0 Å². The number of Topliss-reactive ketones (excluding diaryl/α,β-unsaturated/α-hetero) is 1. The third-order valence-electron chi connectivity index (χ3n) is 2.95. The molecule has 0 aromatic heterocycles. The number of fused-ring (bicyclic) bond motifs is 1. The molecule has 0 radical (unpaired) electrons. The van der Waals surface area contributed by atoms with Crippen molar-refractivity contribution in [1.29, 1.82) is 0 Å². The quantitative estimate of drug-likeness (QED) is 0.769. The molecule has 0 saturated heterocycles. The molecule has 94 valence electrons. The number of dihydropyridines is 1. The van der Waals surface area contributed by atoms with E-state index >= 15 is 0 Å². The van der Waals surface area contributed by atoms with E-state index in [9.17, 15) is 4.79 Å². The van der Waals surface area contributed by atoms with Gasteiger partial charge >= 0.3 is 0 Å². The molecular weight excluding hydrogens is 283 g/mol. The van der Waals surface area contributed by atoms with E-state index in [1.54, 1.807) is 36.5 Å². The van der Waals surface area contributed by atoms with Gasteiger partial charge < -0.3 is 0 Å². The van der Waals surface area contributed by atoms with Crippen LogP contribution in [-0.2, 0) is 0 Å². The summed E-state index contributed by atoms with van der Waals surface area (Å²) in [5.74, 6) is -0.262. The highest BCUT2D eigenvalue weighted by atomic mass is 35.5.